The fourth-order valence-electron chi connectivity index (χ4n) is 2.14. The molecule has 0 saturated heterocycles. The van der Waals surface area contributed by atoms with E-state index in [0.717, 1.165) is 0 Å². The van der Waals surface area contributed by atoms with Gasteiger partial charge in [-0.1, -0.05) is 29.8 Å². The van der Waals surface area contributed by atoms with E-state index in [1.54, 1.807) is 48.5 Å². The van der Waals surface area contributed by atoms with Crippen LogP contribution in [0.15, 0.2) is 53.3 Å². The number of para-hydroxylation sites is 2. The van der Waals surface area contributed by atoms with Gasteiger partial charge in [-0.3, -0.25) is 9.36 Å². The number of hydrogen-bond donors (Lipinski definition) is 1. The summed E-state index contributed by atoms with van der Waals surface area (Å²) in [6.45, 7) is 0. The molecular weight excluding hydrogens is 292 g/mol. The van der Waals surface area contributed by atoms with Crippen LogP contribution in [0, 0.1) is 0 Å². The molecule has 3 aromatic rings. The van der Waals surface area contributed by atoms with Gasteiger partial charge in [0.2, 0.25) is 5.69 Å². The number of fused-ring (bicyclic) bond motifs is 1. The molecule has 0 aliphatic carbocycles. The zero-order valence-electron chi connectivity index (χ0n) is 10.7. The van der Waals surface area contributed by atoms with Gasteiger partial charge in [0.25, 0.3) is 5.56 Å². The molecule has 3 rings (SSSR count). The molecule has 104 valence electrons. The van der Waals surface area contributed by atoms with E-state index < -0.39 is 17.2 Å². The van der Waals surface area contributed by atoms with Crippen molar-refractivity contribution in [2.45, 2.75) is 0 Å². The molecule has 6 heteroatoms. The maximum Gasteiger partial charge on any atom is 0.360 e. The van der Waals surface area contributed by atoms with E-state index in [0.29, 0.717) is 21.7 Å². The highest BCUT2D eigenvalue weighted by Gasteiger charge is 2.17. The highest BCUT2D eigenvalue weighted by atomic mass is 35.5. The lowest BCUT2D eigenvalue weighted by molar-refractivity contribution is 0.0688. The molecule has 2 aromatic carbocycles. The Morgan fingerprint density at radius 3 is 2.62 bits per heavy atom. The van der Waals surface area contributed by atoms with Crippen molar-refractivity contribution in [1.29, 1.82) is 0 Å². The number of carboxylic acids is 1. The number of halogens is 1. The summed E-state index contributed by atoms with van der Waals surface area (Å²) in [6, 6.07) is 13.5. The lowest BCUT2D eigenvalue weighted by Gasteiger charge is -2.11. The molecule has 1 N–H and O–H groups in total. The second kappa shape index (κ2) is 5.03. The van der Waals surface area contributed by atoms with Crippen LogP contribution < -0.4 is 5.56 Å². The van der Waals surface area contributed by atoms with E-state index in [2.05, 4.69) is 4.98 Å². The predicted molar refractivity (Wildman–Crippen MR) is 79.3 cm³/mol. The van der Waals surface area contributed by atoms with Crippen LogP contribution in [0.3, 0.4) is 0 Å². The molecule has 5 nitrogen and oxygen atoms in total. The molecule has 21 heavy (non-hydrogen) atoms. The third-order valence-corrected chi connectivity index (χ3v) is 3.26. The minimum atomic E-state index is -1.36. The number of aromatic nitrogens is 2. The summed E-state index contributed by atoms with van der Waals surface area (Å²) >= 11 is 5.95. The van der Waals surface area contributed by atoms with Gasteiger partial charge in [-0.05, 0) is 30.3 Å². The first-order valence-electron chi connectivity index (χ1n) is 6.09. The molecule has 0 aliphatic heterocycles. The molecule has 1 heterocycles. The number of carboxylic acid groups (broad SMARTS) is 1. The number of hydrogen-bond acceptors (Lipinski definition) is 3. The average Bonchev–Trinajstić information content (AvgIpc) is 2.46. The number of benzene rings is 2. The first-order valence-corrected chi connectivity index (χ1v) is 6.47. The summed E-state index contributed by atoms with van der Waals surface area (Å²) in [7, 11) is 0. The lowest BCUT2D eigenvalue weighted by atomic mass is 10.2. The Balaban J connectivity index is 2.47. The molecule has 0 spiro atoms. The third-order valence-electron chi connectivity index (χ3n) is 3.03. The Kier molecular flexibility index (Phi) is 3.19. The molecule has 0 aliphatic rings. The van der Waals surface area contributed by atoms with Crippen LogP contribution in [-0.2, 0) is 0 Å². The molecule has 0 saturated carbocycles. The molecule has 0 fully saturated rings. The molecule has 0 amide bonds. The van der Waals surface area contributed by atoms with Crippen molar-refractivity contribution < 1.29 is 9.90 Å². The van der Waals surface area contributed by atoms with Gasteiger partial charge in [0.05, 0.1) is 16.7 Å². The van der Waals surface area contributed by atoms with Gasteiger partial charge >= 0.3 is 5.97 Å². The minimum Gasteiger partial charge on any atom is -0.476 e. The number of aromatic carboxylic acids is 1. The van der Waals surface area contributed by atoms with Crippen molar-refractivity contribution in [3.8, 4) is 5.69 Å². The minimum absolute atomic E-state index is 0.425. The molecule has 0 unspecified atom stereocenters. The second-order valence-corrected chi connectivity index (χ2v) is 4.81. The van der Waals surface area contributed by atoms with Crippen LogP contribution in [0.25, 0.3) is 16.7 Å². The van der Waals surface area contributed by atoms with Gasteiger partial charge < -0.3 is 5.11 Å². The van der Waals surface area contributed by atoms with Gasteiger partial charge in [0, 0.05) is 5.02 Å². The first-order chi connectivity index (χ1) is 10.1. The zero-order valence-corrected chi connectivity index (χ0v) is 11.4. The fourth-order valence-corrected chi connectivity index (χ4v) is 2.33. The van der Waals surface area contributed by atoms with Crippen LogP contribution in [0.5, 0.6) is 0 Å². The Labute approximate surface area is 124 Å². The predicted octanol–water partition coefficient (Wildman–Crippen LogP) is 2.74. The Morgan fingerprint density at radius 2 is 1.90 bits per heavy atom. The maximum atomic E-state index is 12.4. The molecule has 0 atom stereocenters. The van der Waals surface area contributed by atoms with Gasteiger partial charge in [-0.15, -0.1) is 0 Å². The number of rotatable bonds is 2. The van der Waals surface area contributed by atoms with Gasteiger partial charge in [0.15, 0.2) is 0 Å². The smallest absolute Gasteiger partial charge is 0.360 e. The first kappa shape index (κ1) is 13.3. The van der Waals surface area contributed by atoms with Crippen molar-refractivity contribution in [2.75, 3.05) is 0 Å². The van der Waals surface area contributed by atoms with Crippen molar-refractivity contribution in [3.05, 3.63) is 69.6 Å². The number of nitrogens with zero attached hydrogens (tertiary/aromatic N) is 2. The van der Waals surface area contributed by atoms with Crippen molar-refractivity contribution >= 4 is 28.6 Å². The largest absolute Gasteiger partial charge is 0.476 e. The quantitative estimate of drug-likeness (QED) is 0.790. The van der Waals surface area contributed by atoms with Gasteiger partial charge in [0.1, 0.15) is 0 Å². The van der Waals surface area contributed by atoms with E-state index in [1.165, 1.54) is 4.57 Å². The highest BCUT2D eigenvalue weighted by Crippen LogP contribution is 2.18. The van der Waals surface area contributed by atoms with Crippen molar-refractivity contribution in [2.24, 2.45) is 0 Å². The van der Waals surface area contributed by atoms with E-state index in [-0.39, 0.29) is 0 Å². The average molecular weight is 301 g/mol. The summed E-state index contributed by atoms with van der Waals surface area (Å²) < 4.78 is 1.30. The molecular formula is C15H9ClN2O3. The molecule has 1 aromatic heterocycles. The highest BCUT2D eigenvalue weighted by molar-refractivity contribution is 6.30. The summed E-state index contributed by atoms with van der Waals surface area (Å²) in [5, 5.41) is 9.60. The Morgan fingerprint density at radius 1 is 1.14 bits per heavy atom. The second-order valence-electron chi connectivity index (χ2n) is 4.37. The van der Waals surface area contributed by atoms with Crippen LogP contribution in [-0.4, -0.2) is 20.6 Å². The topological polar surface area (TPSA) is 72.2 Å². The Bertz CT molecular complexity index is 918. The lowest BCUT2D eigenvalue weighted by Crippen LogP contribution is -2.27. The third kappa shape index (κ3) is 2.28. The standard InChI is InChI=1S/C15H9ClN2O3/c16-9-4-3-5-10(8-9)18-12-7-2-1-6-11(12)17-13(14(18)19)15(20)21/h1-8H,(H,20,21). The Hall–Kier alpha value is -2.66. The van der Waals surface area contributed by atoms with Crippen LogP contribution in [0.1, 0.15) is 10.5 Å². The molecule has 0 bridgehead atoms. The van der Waals surface area contributed by atoms with Crippen LogP contribution >= 0.6 is 11.6 Å². The molecule has 0 radical (unpaired) electrons. The van der Waals surface area contributed by atoms with Crippen molar-refractivity contribution in [1.82, 2.24) is 9.55 Å². The van der Waals surface area contributed by atoms with Crippen molar-refractivity contribution in [3.63, 3.8) is 0 Å². The van der Waals surface area contributed by atoms with Gasteiger partial charge in [-0.2, -0.15) is 0 Å². The normalized spacial score (nSPS) is 10.7. The summed E-state index contributed by atoms with van der Waals surface area (Å²) in [5.41, 5.74) is 0.231. The monoisotopic (exact) mass is 300 g/mol. The zero-order chi connectivity index (χ0) is 15.0. The SMILES string of the molecule is O=C(O)c1nc2ccccc2n(-c2cccc(Cl)c2)c1=O. The maximum absolute atomic E-state index is 12.4. The summed E-state index contributed by atoms with van der Waals surface area (Å²) in [6.07, 6.45) is 0. The summed E-state index contributed by atoms with van der Waals surface area (Å²) in [4.78, 5) is 27.5. The van der Waals surface area contributed by atoms with E-state index in [4.69, 9.17) is 16.7 Å². The van der Waals surface area contributed by atoms with Crippen LogP contribution in [0.2, 0.25) is 5.02 Å². The van der Waals surface area contributed by atoms with Crippen LogP contribution in [0.4, 0.5) is 0 Å². The van der Waals surface area contributed by atoms with E-state index in [1.807, 2.05) is 0 Å². The summed E-state index contributed by atoms with van der Waals surface area (Å²) in [5.74, 6) is -1.36. The van der Waals surface area contributed by atoms with E-state index in [9.17, 15) is 9.59 Å². The number of carbonyl (C=O) groups is 1. The fraction of sp³-hybridized carbons (Fsp3) is 0. The van der Waals surface area contributed by atoms with Gasteiger partial charge in [-0.25, -0.2) is 9.78 Å². The van der Waals surface area contributed by atoms with E-state index >= 15 is 0 Å².